The molecule has 0 bridgehead atoms. The van der Waals surface area contributed by atoms with Crippen molar-refractivity contribution >= 4 is 11.6 Å². The second-order valence-corrected chi connectivity index (χ2v) is 3.79. The van der Waals surface area contributed by atoms with Crippen molar-refractivity contribution < 1.29 is 0 Å². The molecular formula is C8H14Cl. The maximum atomic E-state index is 5.80. The molecule has 0 aliphatic heterocycles. The summed E-state index contributed by atoms with van der Waals surface area (Å²) in [5, 5.41) is 0.448. The van der Waals surface area contributed by atoms with Gasteiger partial charge in [-0.15, -0.1) is 11.6 Å². The largest absolute Gasteiger partial charge is 0.122 e. The van der Waals surface area contributed by atoms with Crippen molar-refractivity contribution in [2.75, 3.05) is 0 Å². The predicted octanol–water partition coefficient (Wildman–Crippen LogP) is 3.01. The van der Waals surface area contributed by atoms with E-state index in [4.69, 9.17) is 11.6 Å². The molecule has 0 aromatic rings. The second kappa shape index (κ2) is 2.92. The van der Waals surface area contributed by atoms with E-state index in [9.17, 15) is 0 Å². The van der Waals surface area contributed by atoms with Crippen LogP contribution in [0.2, 0.25) is 0 Å². The van der Waals surface area contributed by atoms with Gasteiger partial charge >= 0.3 is 0 Å². The highest BCUT2D eigenvalue weighted by atomic mass is 35.5. The monoisotopic (exact) mass is 145 g/mol. The van der Waals surface area contributed by atoms with E-state index in [2.05, 4.69) is 13.8 Å². The van der Waals surface area contributed by atoms with Gasteiger partial charge in [-0.1, -0.05) is 20.3 Å². The summed E-state index contributed by atoms with van der Waals surface area (Å²) in [6.45, 7) is 4.51. The van der Waals surface area contributed by atoms with Crippen molar-refractivity contribution in [2.24, 2.45) is 5.92 Å². The van der Waals surface area contributed by atoms with Crippen molar-refractivity contribution in [1.82, 2.24) is 0 Å². The van der Waals surface area contributed by atoms with Crippen LogP contribution in [0.25, 0.3) is 0 Å². The van der Waals surface area contributed by atoms with E-state index < -0.39 is 0 Å². The molecule has 0 heterocycles. The molecule has 0 N–H and O–H groups in total. The summed E-state index contributed by atoms with van der Waals surface area (Å²) < 4.78 is 0. The Morgan fingerprint density at radius 3 is 2.56 bits per heavy atom. The maximum absolute atomic E-state index is 5.80. The third kappa shape index (κ3) is 2.57. The Bertz CT molecular complexity index is 88.6. The molecule has 1 aliphatic rings. The summed E-state index contributed by atoms with van der Waals surface area (Å²) in [5.74, 6) is 2.41. The molecule has 1 fully saturated rings. The van der Waals surface area contributed by atoms with Crippen LogP contribution < -0.4 is 0 Å². The molecule has 0 aromatic carbocycles. The van der Waals surface area contributed by atoms with Gasteiger partial charge in [-0.2, -0.15) is 0 Å². The Morgan fingerprint density at radius 1 is 1.67 bits per heavy atom. The Labute approximate surface area is 62.6 Å². The van der Waals surface area contributed by atoms with Crippen LogP contribution in [0.5, 0.6) is 0 Å². The van der Waals surface area contributed by atoms with Crippen molar-refractivity contribution in [1.29, 1.82) is 0 Å². The predicted molar refractivity (Wildman–Crippen MR) is 41.6 cm³/mol. The van der Waals surface area contributed by atoms with Gasteiger partial charge in [0.15, 0.2) is 0 Å². The van der Waals surface area contributed by atoms with Gasteiger partial charge in [0.25, 0.3) is 0 Å². The van der Waals surface area contributed by atoms with Crippen LogP contribution in [0.1, 0.15) is 33.1 Å². The molecule has 1 heteroatoms. The zero-order chi connectivity index (χ0) is 6.85. The minimum Gasteiger partial charge on any atom is -0.122 e. The van der Waals surface area contributed by atoms with Crippen molar-refractivity contribution in [3.05, 3.63) is 5.92 Å². The Balaban J connectivity index is 1.94. The third-order valence-electron chi connectivity index (χ3n) is 1.77. The van der Waals surface area contributed by atoms with Gasteiger partial charge in [0, 0.05) is 5.38 Å². The molecule has 1 atom stereocenters. The van der Waals surface area contributed by atoms with Gasteiger partial charge in [-0.05, 0) is 24.7 Å². The quantitative estimate of drug-likeness (QED) is 0.536. The summed E-state index contributed by atoms with van der Waals surface area (Å²) in [4.78, 5) is 0. The average molecular weight is 146 g/mol. The molecule has 0 amide bonds. The molecule has 1 rings (SSSR count). The molecule has 9 heavy (non-hydrogen) atoms. The molecule has 0 spiro atoms. The molecule has 1 radical (unpaired) electrons. The normalized spacial score (nSPS) is 27.3. The average Bonchev–Trinajstić information content (AvgIpc) is 2.42. The van der Waals surface area contributed by atoms with Gasteiger partial charge in [0.1, 0.15) is 0 Å². The van der Waals surface area contributed by atoms with Crippen LogP contribution in [0, 0.1) is 11.8 Å². The Hall–Kier alpha value is 0.290. The van der Waals surface area contributed by atoms with Crippen LogP contribution in [0.3, 0.4) is 0 Å². The SMILES string of the molecule is CC(C)CC[C]1CC1Cl. The highest BCUT2D eigenvalue weighted by Gasteiger charge is 2.34. The van der Waals surface area contributed by atoms with Crippen molar-refractivity contribution in [3.8, 4) is 0 Å². The molecule has 1 saturated carbocycles. The van der Waals surface area contributed by atoms with E-state index in [1.54, 1.807) is 5.92 Å². The summed E-state index contributed by atoms with van der Waals surface area (Å²) in [6.07, 6.45) is 3.78. The van der Waals surface area contributed by atoms with Crippen LogP contribution in [0.4, 0.5) is 0 Å². The smallest absolute Gasteiger partial charge is 0.0404 e. The maximum Gasteiger partial charge on any atom is 0.0404 e. The fourth-order valence-electron chi connectivity index (χ4n) is 0.904. The van der Waals surface area contributed by atoms with E-state index in [-0.39, 0.29) is 0 Å². The molecular weight excluding hydrogens is 132 g/mol. The van der Waals surface area contributed by atoms with E-state index in [0.29, 0.717) is 5.38 Å². The number of halogens is 1. The molecule has 1 aliphatic carbocycles. The number of rotatable bonds is 3. The van der Waals surface area contributed by atoms with Gasteiger partial charge in [0.05, 0.1) is 0 Å². The van der Waals surface area contributed by atoms with Crippen LogP contribution in [-0.2, 0) is 0 Å². The topological polar surface area (TPSA) is 0 Å². The van der Waals surface area contributed by atoms with E-state index >= 15 is 0 Å². The standard InChI is InChI=1S/C8H14Cl/c1-6(2)3-4-7-5-8(7)9/h6,8H,3-5H2,1-2H3. The fraction of sp³-hybridized carbons (Fsp3) is 0.875. The number of hydrogen-bond acceptors (Lipinski definition) is 0. The Morgan fingerprint density at radius 2 is 2.22 bits per heavy atom. The molecule has 1 unspecified atom stereocenters. The van der Waals surface area contributed by atoms with E-state index in [1.165, 1.54) is 19.3 Å². The number of alkyl halides is 1. The zero-order valence-electron chi connectivity index (χ0n) is 6.15. The summed E-state index contributed by atoms with van der Waals surface area (Å²) in [6, 6.07) is 0. The molecule has 0 aromatic heterocycles. The van der Waals surface area contributed by atoms with Gasteiger partial charge < -0.3 is 0 Å². The highest BCUT2D eigenvalue weighted by Crippen LogP contribution is 2.42. The lowest BCUT2D eigenvalue weighted by molar-refractivity contribution is 0.578. The first kappa shape index (κ1) is 7.40. The lowest BCUT2D eigenvalue weighted by Crippen LogP contribution is -1.87. The van der Waals surface area contributed by atoms with Gasteiger partial charge in [-0.25, -0.2) is 0 Å². The van der Waals surface area contributed by atoms with E-state index in [1.807, 2.05) is 0 Å². The van der Waals surface area contributed by atoms with E-state index in [0.717, 1.165) is 5.92 Å². The highest BCUT2D eigenvalue weighted by molar-refractivity contribution is 6.24. The van der Waals surface area contributed by atoms with Crippen molar-refractivity contribution in [2.45, 2.75) is 38.5 Å². The molecule has 53 valence electrons. The lowest BCUT2D eigenvalue weighted by atomic mass is 10.1. The first-order valence-electron chi connectivity index (χ1n) is 3.69. The molecule has 0 saturated heterocycles. The van der Waals surface area contributed by atoms with Gasteiger partial charge in [-0.3, -0.25) is 0 Å². The van der Waals surface area contributed by atoms with Gasteiger partial charge in [0.2, 0.25) is 0 Å². The molecule has 0 nitrogen and oxygen atoms in total. The first-order valence-corrected chi connectivity index (χ1v) is 4.12. The third-order valence-corrected chi connectivity index (χ3v) is 2.23. The number of hydrogen-bond donors (Lipinski definition) is 0. The summed E-state index contributed by atoms with van der Waals surface area (Å²) in [5.41, 5.74) is 0. The first-order chi connectivity index (χ1) is 4.20. The Kier molecular flexibility index (Phi) is 2.40. The van der Waals surface area contributed by atoms with Crippen LogP contribution in [0.15, 0.2) is 0 Å². The van der Waals surface area contributed by atoms with Crippen molar-refractivity contribution in [3.63, 3.8) is 0 Å². The fourth-order valence-corrected chi connectivity index (χ4v) is 1.21. The zero-order valence-corrected chi connectivity index (χ0v) is 6.91. The summed E-state index contributed by atoms with van der Waals surface area (Å²) >= 11 is 5.80. The minimum atomic E-state index is 0.448. The van der Waals surface area contributed by atoms with Crippen LogP contribution in [-0.4, -0.2) is 5.38 Å². The lowest BCUT2D eigenvalue weighted by Gasteiger charge is -2.00. The van der Waals surface area contributed by atoms with Crippen LogP contribution >= 0.6 is 11.6 Å². The summed E-state index contributed by atoms with van der Waals surface area (Å²) in [7, 11) is 0. The minimum absolute atomic E-state index is 0.448. The second-order valence-electron chi connectivity index (χ2n) is 3.26.